The van der Waals surface area contributed by atoms with Gasteiger partial charge in [-0.25, -0.2) is 0 Å². The van der Waals surface area contributed by atoms with Crippen LogP contribution >= 0.6 is 21.1 Å². The minimum atomic E-state index is -0.0153. The summed E-state index contributed by atoms with van der Waals surface area (Å²) in [5.74, 6) is 0. The molecule has 4 heteroatoms. The van der Waals surface area contributed by atoms with Gasteiger partial charge in [-0.15, -0.1) is 0 Å². The van der Waals surface area contributed by atoms with Crippen LogP contribution in [0.2, 0.25) is 5.02 Å². The average molecular weight is 254 g/mol. The molecular weight excluding hydrogens is 251 g/mol. The van der Waals surface area contributed by atoms with Crippen LogP contribution < -0.4 is 4.17 Å². The molecule has 0 amide bonds. The Bertz CT molecular complexity index is 204. The Kier molecular flexibility index (Phi) is 2.94. The van der Waals surface area contributed by atoms with E-state index in [9.17, 15) is 0 Å². The van der Waals surface area contributed by atoms with E-state index in [0.717, 1.165) is 4.17 Å². The van der Waals surface area contributed by atoms with Gasteiger partial charge in [0.25, 0.3) is 0 Å². The summed E-state index contributed by atoms with van der Waals surface area (Å²) in [6.45, 7) is 0. The molecule has 0 spiro atoms. The fourth-order valence-corrected chi connectivity index (χ4v) is 1.91. The van der Waals surface area contributed by atoms with E-state index in [1.54, 1.807) is 18.3 Å². The van der Waals surface area contributed by atoms with Crippen molar-refractivity contribution in [3.63, 3.8) is 0 Å². The Morgan fingerprint density at radius 1 is 1.56 bits per heavy atom. The van der Waals surface area contributed by atoms with Crippen LogP contribution in [0.5, 0.6) is 0 Å². The monoisotopic (exact) mass is 253 g/mol. The molecule has 0 aromatic carbocycles. The van der Waals surface area contributed by atoms with Gasteiger partial charge in [0.2, 0.25) is 0 Å². The fraction of sp³-hybridized carbons (Fsp3) is 0. The van der Waals surface area contributed by atoms with Crippen molar-refractivity contribution >= 4 is 25.3 Å². The number of aromatic nitrogens is 1. The van der Waals surface area contributed by atoms with E-state index in [1.807, 2.05) is 0 Å². The Hall–Kier alpha value is 0.392. The molecule has 1 aromatic rings. The molecule has 52 valence electrons. The SMILES string of the molecule is [Cl][Pd][c]1ncccc1Cl. The van der Waals surface area contributed by atoms with Crippen molar-refractivity contribution < 1.29 is 17.0 Å². The van der Waals surface area contributed by atoms with Gasteiger partial charge in [0.1, 0.15) is 0 Å². The van der Waals surface area contributed by atoms with Gasteiger partial charge >= 0.3 is 70.6 Å². The maximum atomic E-state index is 5.69. The summed E-state index contributed by atoms with van der Waals surface area (Å²) >= 11 is 5.67. The molecule has 0 radical (unpaired) electrons. The first-order chi connectivity index (χ1) is 4.34. The van der Waals surface area contributed by atoms with E-state index < -0.39 is 0 Å². The van der Waals surface area contributed by atoms with Gasteiger partial charge in [-0.3, -0.25) is 0 Å². The first-order valence-electron chi connectivity index (χ1n) is 2.15. The first kappa shape index (κ1) is 7.50. The summed E-state index contributed by atoms with van der Waals surface area (Å²) in [6, 6.07) is 3.57. The first-order valence-corrected chi connectivity index (χ1v) is 5.31. The van der Waals surface area contributed by atoms with Crippen LogP contribution in [0.3, 0.4) is 0 Å². The molecule has 0 bridgehead atoms. The molecule has 0 aliphatic rings. The van der Waals surface area contributed by atoms with Crippen molar-refractivity contribution in [2.45, 2.75) is 0 Å². The summed E-state index contributed by atoms with van der Waals surface area (Å²) in [5, 5.41) is 0.654. The summed E-state index contributed by atoms with van der Waals surface area (Å²) in [5.41, 5.74) is 0. The van der Waals surface area contributed by atoms with Crippen LogP contribution in [0.4, 0.5) is 0 Å². The molecule has 0 fully saturated rings. The molecule has 1 nitrogen and oxygen atoms in total. The zero-order chi connectivity index (χ0) is 6.69. The molecule has 0 saturated carbocycles. The minimum absolute atomic E-state index is 0.0153. The predicted octanol–water partition coefficient (Wildman–Crippen LogP) is 1.60. The molecule has 1 rings (SSSR count). The van der Waals surface area contributed by atoms with Gasteiger partial charge in [-0.05, 0) is 0 Å². The van der Waals surface area contributed by atoms with Gasteiger partial charge in [0, 0.05) is 0 Å². The molecule has 0 unspecified atom stereocenters. The van der Waals surface area contributed by atoms with E-state index in [1.165, 1.54) is 0 Å². The number of rotatable bonds is 1. The van der Waals surface area contributed by atoms with Crippen LogP contribution in [0.25, 0.3) is 0 Å². The topological polar surface area (TPSA) is 12.9 Å². The quantitative estimate of drug-likeness (QED) is 0.694. The van der Waals surface area contributed by atoms with Crippen molar-refractivity contribution in [1.29, 1.82) is 0 Å². The molecule has 1 aromatic heterocycles. The second-order valence-corrected chi connectivity index (χ2v) is 3.45. The zero-order valence-electron chi connectivity index (χ0n) is 4.25. The van der Waals surface area contributed by atoms with Crippen molar-refractivity contribution in [3.05, 3.63) is 23.4 Å². The second-order valence-electron chi connectivity index (χ2n) is 1.31. The number of nitrogens with zero attached hydrogens (tertiary/aromatic N) is 1. The van der Waals surface area contributed by atoms with Crippen molar-refractivity contribution in [2.24, 2.45) is 0 Å². The van der Waals surface area contributed by atoms with E-state index in [-0.39, 0.29) is 17.0 Å². The van der Waals surface area contributed by atoms with E-state index in [4.69, 9.17) is 21.1 Å². The van der Waals surface area contributed by atoms with Gasteiger partial charge in [-0.1, -0.05) is 0 Å². The normalized spacial score (nSPS) is 10.0. The Labute approximate surface area is 70.5 Å². The van der Waals surface area contributed by atoms with Crippen LogP contribution in [-0.4, -0.2) is 4.98 Å². The molecule has 9 heavy (non-hydrogen) atoms. The number of hydrogen-bond donors (Lipinski definition) is 0. The second kappa shape index (κ2) is 3.53. The zero-order valence-corrected chi connectivity index (χ0v) is 7.32. The van der Waals surface area contributed by atoms with Crippen LogP contribution in [0.15, 0.2) is 18.3 Å². The number of hydrogen-bond acceptors (Lipinski definition) is 1. The summed E-state index contributed by atoms with van der Waals surface area (Å²) in [6.07, 6.45) is 1.68. The summed E-state index contributed by atoms with van der Waals surface area (Å²) < 4.78 is 0.787. The van der Waals surface area contributed by atoms with Crippen molar-refractivity contribution in [2.75, 3.05) is 0 Å². The third kappa shape index (κ3) is 1.91. The average Bonchev–Trinajstić information content (AvgIpc) is 1.89. The van der Waals surface area contributed by atoms with E-state index in [0.29, 0.717) is 5.02 Å². The van der Waals surface area contributed by atoms with Gasteiger partial charge in [0.15, 0.2) is 0 Å². The Morgan fingerprint density at radius 2 is 2.33 bits per heavy atom. The van der Waals surface area contributed by atoms with Crippen molar-refractivity contribution in [1.82, 2.24) is 4.98 Å². The van der Waals surface area contributed by atoms with Crippen LogP contribution in [-0.2, 0) is 17.0 Å². The van der Waals surface area contributed by atoms with Crippen LogP contribution in [0, 0.1) is 0 Å². The fourth-order valence-electron chi connectivity index (χ4n) is 0.401. The third-order valence-electron chi connectivity index (χ3n) is 0.747. The maximum absolute atomic E-state index is 5.69. The predicted molar refractivity (Wildman–Crippen MR) is 34.7 cm³/mol. The van der Waals surface area contributed by atoms with Gasteiger partial charge in [0.05, 0.1) is 0 Å². The molecule has 0 N–H and O–H groups in total. The third-order valence-corrected chi connectivity index (χ3v) is 2.83. The van der Waals surface area contributed by atoms with E-state index >= 15 is 0 Å². The Morgan fingerprint density at radius 3 is 2.78 bits per heavy atom. The van der Waals surface area contributed by atoms with Crippen LogP contribution in [0.1, 0.15) is 0 Å². The summed E-state index contributed by atoms with van der Waals surface area (Å²) in [4.78, 5) is 3.96. The van der Waals surface area contributed by atoms with E-state index in [2.05, 4.69) is 4.98 Å². The van der Waals surface area contributed by atoms with Gasteiger partial charge < -0.3 is 0 Å². The summed E-state index contributed by atoms with van der Waals surface area (Å²) in [7, 11) is 5.54. The molecule has 1 heterocycles. The molecule has 0 aliphatic heterocycles. The number of halogens is 2. The molecule has 0 atom stereocenters. The standard InChI is InChI=1S/C5H3ClN.ClH.Pd/c6-5-2-1-3-7-4-5;;/h1-3H;1H;/q;;+1/p-1. The molecule has 0 aliphatic carbocycles. The van der Waals surface area contributed by atoms with Gasteiger partial charge in [-0.2, -0.15) is 0 Å². The molecule has 0 saturated heterocycles. The Balaban J connectivity index is 3.01. The molecular formula is C5H3Cl2NPd. The van der Waals surface area contributed by atoms with Crippen molar-refractivity contribution in [3.8, 4) is 0 Å². The number of pyridine rings is 1.